The molecule has 0 saturated heterocycles. The standard InChI is InChI=1S/C23H26N4O3.ClH/c1-3-14(2)30-23(28)27-19-11-17(13-25-21(19)26-22(27)15-4-5-15)16-6-7-20-18(10-16)12-24-8-9-29-20;/h6-7,10-11,13-15,24H,3-5,8-9,12H2,1-2H3;1H. The lowest BCUT2D eigenvalue weighted by molar-refractivity contribution is 0.106. The molecule has 3 heterocycles. The van der Waals surface area contributed by atoms with Crippen molar-refractivity contribution in [1.82, 2.24) is 19.9 Å². The van der Waals surface area contributed by atoms with E-state index >= 15 is 0 Å². The van der Waals surface area contributed by atoms with Crippen molar-refractivity contribution in [2.45, 2.75) is 51.7 Å². The first kappa shape index (κ1) is 21.6. The van der Waals surface area contributed by atoms with E-state index in [9.17, 15) is 4.79 Å². The highest BCUT2D eigenvalue weighted by Gasteiger charge is 2.33. The van der Waals surface area contributed by atoms with Crippen LogP contribution >= 0.6 is 12.4 Å². The number of hydrogen-bond acceptors (Lipinski definition) is 6. The molecule has 1 aliphatic heterocycles. The van der Waals surface area contributed by atoms with Crippen LogP contribution in [0.15, 0.2) is 30.5 Å². The van der Waals surface area contributed by atoms with Gasteiger partial charge in [-0.15, -0.1) is 12.4 Å². The summed E-state index contributed by atoms with van der Waals surface area (Å²) in [5.74, 6) is 1.99. The summed E-state index contributed by atoms with van der Waals surface area (Å²) in [6, 6.07) is 8.15. The lowest BCUT2D eigenvalue weighted by Gasteiger charge is -2.13. The second kappa shape index (κ2) is 8.85. The van der Waals surface area contributed by atoms with Crippen molar-refractivity contribution in [2.24, 2.45) is 0 Å². The highest BCUT2D eigenvalue weighted by atomic mass is 35.5. The number of halogens is 1. The summed E-state index contributed by atoms with van der Waals surface area (Å²) in [5.41, 5.74) is 4.38. The molecule has 0 amide bonds. The largest absolute Gasteiger partial charge is 0.492 e. The zero-order valence-electron chi connectivity index (χ0n) is 17.8. The molecule has 0 spiro atoms. The monoisotopic (exact) mass is 442 g/mol. The number of pyridine rings is 1. The number of rotatable bonds is 4. The fraction of sp³-hybridized carbons (Fsp3) is 0.435. The Morgan fingerprint density at radius 2 is 2.16 bits per heavy atom. The van der Waals surface area contributed by atoms with Gasteiger partial charge < -0.3 is 14.8 Å². The molecule has 0 radical (unpaired) electrons. The molecule has 31 heavy (non-hydrogen) atoms. The number of carbonyl (C=O) groups excluding carboxylic acids is 1. The van der Waals surface area contributed by atoms with Gasteiger partial charge in [0.05, 0.1) is 5.52 Å². The predicted octanol–water partition coefficient (Wildman–Crippen LogP) is 4.66. The molecule has 1 saturated carbocycles. The van der Waals surface area contributed by atoms with Crippen molar-refractivity contribution in [3.8, 4) is 16.9 Å². The van der Waals surface area contributed by atoms with Crippen LogP contribution in [0, 0.1) is 0 Å². The van der Waals surface area contributed by atoms with Gasteiger partial charge in [0.1, 0.15) is 24.3 Å². The number of imidazole rings is 1. The highest BCUT2D eigenvalue weighted by Crippen LogP contribution is 2.41. The molecular formula is C23H27ClN4O3. The van der Waals surface area contributed by atoms with Gasteiger partial charge in [0.15, 0.2) is 5.65 Å². The summed E-state index contributed by atoms with van der Waals surface area (Å²) in [6.45, 7) is 6.18. The van der Waals surface area contributed by atoms with E-state index in [0.717, 1.165) is 60.6 Å². The van der Waals surface area contributed by atoms with Crippen LogP contribution in [0.4, 0.5) is 4.79 Å². The Bertz CT molecular complexity index is 1110. The Kier molecular flexibility index (Phi) is 6.16. The minimum absolute atomic E-state index is 0. The van der Waals surface area contributed by atoms with Crippen molar-refractivity contribution in [1.29, 1.82) is 0 Å². The fourth-order valence-corrected chi connectivity index (χ4v) is 3.75. The second-order valence-electron chi connectivity index (χ2n) is 8.10. The lowest BCUT2D eigenvalue weighted by Crippen LogP contribution is -2.21. The van der Waals surface area contributed by atoms with E-state index in [0.29, 0.717) is 23.7 Å². The van der Waals surface area contributed by atoms with Crippen LogP contribution in [0.25, 0.3) is 22.3 Å². The van der Waals surface area contributed by atoms with Gasteiger partial charge in [0, 0.05) is 36.3 Å². The zero-order valence-corrected chi connectivity index (χ0v) is 18.6. The molecule has 1 fully saturated rings. The molecule has 164 valence electrons. The van der Waals surface area contributed by atoms with Gasteiger partial charge in [-0.05, 0) is 49.9 Å². The van der Waals surface area contributed by atoms with Gasteiger partial charge in [0.2, 0.25) is 0 Å². The topological polar surface area (TPSA) is 78.3 Å². The summed E-state index contributed by atoms with van der Waals surface area (Å²) in [4.78, 5) is 22.2. The maximum atomic E-state index is 13.0. The molecule has 1 unspecified atom stereocenters. The van der Waals surface area contributed by atoms with Crippen molar-refractivity contribution in [3.63, 3.8) is 0 Å². The summed E-state index contributed by atoms with van der Waals surface area (Å²) in [7, 11) is 0. The molecule has 1 aliphatic carbocycles. The number of carbonyl (C=O) groups is 1. The van der Waals surface area contributed by atoms with Crippen LogP contribution in [0.1, 0.15) is 50.4 Å². The van der Waals surface area contributed by atoms with E-state index in [1.165, 1.54) is 0 Å². The van der Waals surface area contributed by atoms with E-state index in [4.69, 9.17) is 9.47 Å². The van der Waals surface area contributed by atoms with Crippen LogP contribution in [0.3, 0.4) is 0 Å². The van der Waals surface area contributed by atoms with Crippen LogP contribution in [-0.2, 0) is 11.3 Å². The number of ether oxygens (including phenoxy) is 2. The van der Waals surface area contributed by atoms with Crippen molar-refractivity contribution in [3.05, 3.63) is 41.9 Å². The molecular weight excluding hydrogens is 416 g/mol. The Labute approximate surface area is 187 Å². The van der Waals surface area contributed by atoms with Crippen LogP contribution < -0.4 is 10.1 Å². The van der Waals surface area contributed by atoms with E-state index in [2.05, 4.69) is 21.4 Å². The molecule has 1 N–H and O–H groups in total. The van der Waals surface area contributed by atoms with E-state index < -0.39 is 0 Å². The Morgan fingerprint density at radius 1 is 1.32 bits per heavy atom. The summed E-state index contributed by atoms with van der Waals surface area (Å²) in [6.07, 6.45) is 4.17. The fourth-order valence-electron chi connectivity index (χ4n) is 3.75. The number of nitrogens with zero attached hydrogens (tertiary/aromatic N) is 3. The molecule has 5 rings (SSSR count). The van der Waals surface area contributed by atoms with Gasteiger partial charge in [-0.1, -0.05) is 13.0 Å². The van der Waals surface area contributed by atoms with Crippen LogP contribution in [0.2, 0.25) is 0 Å². The van der Waals surface area contributed by atoms with Gasteiger partial charge in [-0.25, -0.2) is 19.3 Å². The molecule has 2 aromatic heterocycles. The minimum Gasteiger partial charge on any atom is -0.492 e. The highest BCUT2D eigenvalue weighted by molar-refractivity contribution is 5.88. The third-order valence-corrected chi connectivity index (χ3v) is 5.79. The summed E-state index contributed by atoms with van der Waals surface area (Å²) >= 11 is 0. The third-order valence-electron chi connectivity index (χ3n) is 5.79. The number of aromatic nitrogens is 3. The van der Waals surface area contributed by atoms with E-state index in [-0.39, 0.29) is 24.6 Å². The predicted molar refractivity (Wildman–Crippen MR) is 121 cm³/mol. The molecule has 1 aromatic carbocycles. The van der Waals surface area contributed by atoms with Gasteiger partial charge in [-0.2, -0.15) is 0 Å². The molecule has 8 heteroatoms. The van der Waals surface area contributed by atoms with Crippen molar-refractivity contribution < 1.29 is 14.3 Å². The van der Waals surface area contributed by atoms with Crippen molar-refractivity contribution in [2.75, 3.05) is 13.2 Å². The maximum Gasteiger partial charge on any atom is 0.420 e. The average molecular weight is 443 g/mol. The van der Waals surface area contributed by atoms with Gasteiger partial charge >= 0.3 is 6.09 Å². The van der Waals surface area contributed by atoms with Gasteiger partial charge in [0.25, 0.3) is 0 Å². The number of hydrogen-bond donors (Lipinski definition) is 1. The maximum absolute atomic E-state index is 13.0. The lowest BCUT2D eigenvalue weighted by atomic mass is 10.0. The number of fused-ring (bicyclic) bond motifs is 2. The quantitative estimate of drug-likeness (QED) is 0.633. The Balaban J connectivity index is 0.00000231. The molecule has 3 aromatic rings. The first-order valence-electron chi connectivity index (χ1n) is 10.7. The van der Waals surface area contributed by atoms with E-state index in [1.54, 1.807) is 4.57 Å². The van der Waals surface area contributed by atoms with E-state index in [1.807, 2.05) is 38.2 Å². The second-order valence-corrected chi connectivity index (χ2v) is 8.10. The first-order valence-corrected chi connectivity index (χ1v) is 10.7. The van der Waals surface area contributed by atoms with Crippen molar-refractivity contribution >= 4 is 29.7 Å². The average Bonchev–Trinajstić information content (AvgIpc) is 3.56. The zero-order chi connectivity index (χ0) is 20.7. The first-order chi connectivity index (χ1) is 14.6. The summed E-state index contributed by atoms with van der Waals surface area (Å²) < 4.78 is 13.1. The Morgan fingerprint density at radius 3 is 2.94 bits per heavy atom. The third kappa shape index (κ3) is 4.25. The minimum atomic E-state index is -0.368. The van der Waals surface area contributed by atoms with Crippen LogP contribution in [-0.4, -0.2) is 39.9 Å². The number of benzene rings is 1. The Hall–Kier alpha value is -2.64. The normalized spacial score (nSPS) is 16.6. The SMILES string of the molecule is CCC(C)OC(=O)n1c(C2CC2)nc2ncc(-c3ccc4c(c3)CNCCO4)cc21.Cl. The molecule has 1 atom stereocenters. The van der Waals surface area contributed by atoms with Crippen LogP contribution in [0.5, 0.6) is 5.75 Å². The molecule has 0 bridgehead atoms. The molecule has 7 nitrogen and oxygen atoms in total. The molecule has 2 aliphatic rings. The smallest absolute Gasteiger partial charge is 0.420 e. The van der Waals surface area contributed by atoms with Gasteiger partial charge in [-0.3, -0.25) is 0 Å². The summed E-state index contributed by atoms with van der Waals surface area (Å²) in [5, 5.41) is 3.37. The number of nitrogens with one attached hydrogen (secondary N) is 1.